The van der Waals surface area contributed by atoms with Crippen molar-refractivity contribution in [1.29, 1.82) is 0 Å². The number of benzene rings is 5. The highest BCUT2D eigenvalue weighted by Gasteiger charge is 2.37. The standard InChI is InChI=1S/C35H22N4O8/c40-31(36-23-7-4-8-25(18-23)47-26-14-16-28(34(43)44)30(19-26)35(45)46)20-9-15-27-29(17-20)33(42)39(32(27)41)24-12-10-22(11-13-24)38-37-21-5-2-1-3-6-21/h1-19H,(H,36,40)(H,43,44)(H,45,46). The van der Waals surface area contributed by atoms with Crippen LogP contribution in [0.4, 0.5) is 22.7 Å². The fourth-order valence-electron chi connectivity index (χ4n) is 4.82. The van der Waals surface area contributed by atoms with Crippen LogP contribution in [0.25, 0.3) is 0 Å². The number of nitrogens with zero attached hydrogens (tertiary/aromatic N) is 3. The van der Waals surface area contributed by atoms with Crippen LogP contribution < -0.4 is 15.0 Å². The van der Waals surface area contributed by atoms with Crippen molar-refractivity contribution >= 4 is 52.4 Å². The van der Waals surface area contributed by atoms with E-state index in [4.69, 9.17) is 4.74 Å². The lowest BCUT2D eigenvalue weighted by atomic mass is 10.1. The number of anilines is 2. The van der Waals surface area contributed by atoms with Crippen LogP contribution in [0.15, 0.2) is 125 Å². The third-order valence-corrected chi connectivity index (χ3v) is 7.07. The molecule has 1 heterocycles. The van der Waals surface area contributed by atoms with E-state index in [0.29, 0.717) is 22.7 Å². The number of carboxylic acids is 2. The van der Waals surface area contributed by atoms with E-state index in [2.05, 4.69) is 15.5 Å². The van der Waals surface area contributed by atoms with Crippen molar-refractivity contribution < 1.29 is 38.9 Å². The molecule has 3 N–H and O–H groups in total. The number of carbonyl (C=O) groups is 5. The van der Waals surface area contributed by atoms with Gasteiger partial charge < -0.3 is 20.3 Å². The molecule has 0 unspecified atom stereocenters. The van der Waals surface area contributed by atoms with Crippen molar-refractivity contribution in [3.05, 3.63) is 143 Å². The average Bonchev–Trinajstić information content (AvgIpc) is 3.32. The number of carboxylic acid groups (broad SMARTS) is 2. The van der Waals surface area contributed by atoms with E-state index in [1.165, 1.54) is 30.3 Å². The third kappa shape index (κ3) is 6.33. The van der Waals surface area contributed by atoms with Crippen molar-refractivity contribution in [1.82, 2.24) is 0 Å². The smallest absolute Gasteiger partial charge is 0.336 e. The Kier molecular flexibility index (Phi) is 8.05. The van der Waals surface area contributed by atoms with E-state index in [-0.39, 0.29) is 33.8 Å². The van der Waals surface area contributed by atoms with Gasteiger partial charge in [-0.25, -0.2) is 14.5 Å². The molecule has 12 heteroatoms. The van der Waals surface area contributed by atoms with Gasteiger partial charge >= 0.3 is 11.9 Å². The van der Waals surface area contributed by atoms with E-state index in [1.807, 2.05) is 30.3 Å². The third-order valence-electron chi connectivity index (χ3n) is 7.07. The summed E-state index contributed by atoms with van der Waals surface area (Å²) < 4.78 is 5.71. The molecular weight excluding hydrogens is 604 g/mol. The Balaban J connectivity index is 1.15. The summed E-state index contributed by atoms with van der Waals surface area (Å²) in [6.07, 6.45) is 0. The van der Waals surface area contributed by atoms with Crippen molar-refractivity contribution in [2.45, 2.75) is 0 Å². The molecule has 1 aliphatic heterocycles. The average molecular weight is 627 g/mol. The number of carbonyl (C=O) groups excluding carboxylic acids is 3. The molecule has 12 nitrogen and oxygen atoms in total. The molecule has 0 bridgehead atoms. The molecule has 0 aliphatic carbocycles. The summed E-state index contributed by atoms with van der Waals surface area (Å²) in [6.45, 7) is 0. The number of azo groups is 1. The number of fused-ring (bicyclic) bond motifs is 1. The summed E-state index contributed by atoms with van der Waals surface area (Å²) in [5.74, 6) is -4.16. The van der Waals surface area contributed by atoms with Gasteiger partial charge in [0, 0.05) is 17.3 Å². The number of hydrogen-bond donors (Lipinski definition) is 3. The predicted octanol–water partition coefficient (Wildman–Crippen LogP) is 7.34. The molecule has 5 aromatic carbocycles. The molecule has 0 aromatic heterocycles. The number of rotatable bonds is 9. The fraction of sp³-hybridized carbons (Fsp3) is 0. The van der Waals surface area contributed by atoms with Gasteiger partial charge in [-0.2, -0.15) is 10.2 Å². The van der Waals surface area contributed by atoms with E-state index >= 15 is 0 Å². The Morgan fingerprint density at radius 1 is 0.617 bits per heavy atom. The number of hydrogen-bond acceptors (Lipinski definition) is 8. The zero-order valence-electron chi connectivity index (χ0n) is 24.2. The van der Waals surface area contributed by atoms with Gasteiger partial charge in [0.05, 0.1) is 39.3 Å². The molecule has 0 saturated carbocycles. The van der Waals surface area contributed by atoms with Crippen LogP contribution in [0.3, 0.4) is 0 Å². The maximum absolute atomic E-state index is 13.3. The lowest BCUT2D eigenvalue weighted by Crippen LogP contribution is -2.29. The van der Waals surface area contributed by atoms with Gasteiger partial charge in [0.2, 0.25) is 0 Å². The summed E-state index contributed by atoms with van der Waals surface area (Å²) in [6, 6.07) is 29.6. The Hall–Kier alpha value is -6.95. The van der Waals surface area contributed by atoms with Gasteiger partial charge in [-0.1, -0.05) is 24.3 Å². The minimum absolute atomic E-state index is 0.0756. The first kappa shape index (κ1) is 30.1. The first-order valence-corrected chi connectivity index (χ1v) is 14.0. The molecule has 0 atom stereocenters. The van der Waals surface area contributed by atoms with Crippen LogP contribution in [0, 0.1) is 0 Å². The van der Waals surface area contributed by atoms with Gasteiger partial charge in [0.1, 0.15) is 11.5 Å². The Morgan fingerprint density at radius 2 is 1.28 bits per heavy atom. The predicted molar refractivity (Wildman–Crippen MR) is 169 cm³/mol. The summed E-state index contributed by atoms with van der Waals surface area (Å²) >= 11 is 0. The van der Waals surface area contributed by atoms with Crippen LogP contribution in [0.1, 0.15) is 51.8 Å². The summed E-state index contributed by atoms with van der Waals surface area (Å²) in [4.78, 5) is 63.5. The second-order valence-corrected chi connectivity index (χ2v) is 10.2. The highest BCUT2D eigenvalue weighted by Crippen LogP contribution is 2.31. The number of aromatic carboxylic acids is 2. The minimum Gasteiger partial charge on any atom is -0.478 e. The molecule has 0 spiro atoms. The number of ether oxygens (including phenoxy) is 1. The summed E-state index contributed by atoms with van der Waals surface area (Å²) in [5.41, 5.74) is 1.41. The fourth-order valence-corrected chi connectivity index (χ4v) is 4.82. The lowest BCUT2D eigenvalue weighted by molar-refractivity contribution is 0.0651. The number of imide groups is 1. The van der Waals surface area contributed by atoms with Gasteiger partial charge in [0.15, 0.2) is 0 Å². The Labute approximate surface area is 266 Å². The van der Waals surface area contributed by atoms with E-state index in [0.717, 1.165) is 17.0 Å². The molecule has 3 amide bonds. The van der Waals surface area contributed by atoms with Crippen molar-refractivity contribution in [3.63, 3.8) is 0 Å². The quantitative estimate of drug-likeness (QED) is 0.112. The van der Waals surface area contributed by atoms with Crippen LogP contribution in [-0.4, -0.2) is 39.9 Å². The first-order valence-electron chi connectivity index (χ1n) is 14.0. The monoisotopic (exact) mass is 626 g/mol. The maximum atomic E-state index is 13.3. The largest absolute Gasteiger partial charge is 0.478 e. The van der Waals surface area contributed by atoms with E-state index in [1.54, 1.807) is 42.5 Å². The molecule has 5 aromatic rings. The Bertz CT molecular complexity index is 2110. The lowest BCUT2D eigenvalue weighted by Gasteiger charge is -2.13. The molecule has 6 rings (SSSR count). The number of nitrogens with one attached hydrogen (secondary N) is 1. The van der Waals surface area contributed by atoms with Crippen molar-refractivity contribution in [3.8, 4) is 11.5 Å². The van der Waals surface area contributed by atoms with Crippen LogP contribution in [0.2, 0.25) is 0 Å². The molecule has 0 saturated heterocycles. The van der Waals surface area contributed by atoms with Crippen LogP contribution >= 0.6 is 0 Å². The van der Waals surface area contributed by atoms with Gasteiger partial charge in [-0.05, 0) is 84.9 Å². The van der Waals surface area contributed by atoms with E-state index < -0.39 is 35.2 Å². The second kappa shape index (κ2) is 12.6. The molecule has 230 valence electrons. The van der Waals surface area contributed by atoms with E-state index in [9.17, 15) is 34.2 Å². The second-order valence-electron chi connectivity index (χ2n) is 10.2. The van der Waals surface area contributed by atoms with Gasteiger partial charge in [-0.15, -0.1) is 0 Å². The molecule has 47 heavy (non-hydrogen) atoms. The molecule has 0 radical (unpaired) electrons. The van der Waals surface area contributed by atoms with Gasteiger partial charge in [-0.3, -0.25) is 14.4 Å². The van der Waals surface area contributed by atoms with Crippen LogP contribution in [-0.2, 0) is 0 Å². The maximum Gasteiger partial charge on any atom is 0.336 e. The normalized spacial score (nSPS) is 12.2. The van der Waals surface area contributed by atoms with Crippen molar-refractivity contribution in [2.24, 2.45) is 10.2 Å². The topological polar surface area (TPSA) is 175 Å². The SMILES string of the molecule is O=C(Nc1cccc(Oc2ccc(C(=O)O)c(C(=O)O)c2)c1)c1ccc2c(c1)C(=O)N(c1ccc(N=Nc3ccccc3)cc1)C2=O. The van der Waals surface area contributed by atoms with Crippen molar-refractivity contribution in [2.75, 3.05) is 10.2 Å². The number of amides is 3. The summed E-state index contributed by atoms with van der Waals surface area (Å²) in [5, 5.41) is 29.6. The van der Waals surface area contributed by atoms with Crippen LogP contribution in [0.5, 0.6) is 11.5 Å². The minimum atomic E-state index is -1.42. The summed E-state index contributed by atoms with van der Waals surface area (Å²) in [7, 11) is 0. The molecular formula is C35H22N4O8. The molecule has 0 fully saturated rings. The zero-order valence-corrected chi connectivity index (χ0v) is 24.2. The highest BCUT2D eigenvalue weighted by atomic mass is 16.5. The van der Waals surface area contributed by atoms with Gasteiger partial charge in [0.25, 0.3) is 17.7 Å². The molecule has 1 aliphatic rings. The Morgan fingerprint density at radius 3 is 1.98 bits per heavy atom. The highest BCUT2D eigenvalue weighted by molar-refractivity contribution is 6.34. The first-order chi connectivity index (χ1) is 22.7. The zero-order chi connectivity index (χ0) is 33.1.